The van der Waals surface area contributed by atoms with Crippen LogP contribution in [0.3, 0.4) is 0 Å². The smallest absolute Gasteiger partial charge is 0.248 e. The molecule has 204 valence electrons. The van der Waals surface area contributed by atoms with Crippen molar-refractivity contribution >= 4 is 23.1 Å². The van der Waals surface area contributed by atoms with E-state index in [1.165, 1.54) is 4.90 Å². The standard InChI is InChI=1S/C31H34ClN3O4/c1-34(2)29(36)21-38-27-8-3-9-28-26(27)20-22(25-7-4-16-33-30(25)39-28)6-5-17-35-18-14-31(37,15-19-35)23-10-12-24(32)13-11-23/h3-4,6-13,16,20,27,37H,5,14-15,17-19,21H2,1-2H3. The van der Waals surface area contributed by atoms with Gasteiger partial charge in [0.15, 0.2) is 0 Å². The molecule has 1 aromatic heterocycles. The molecular formula is C31H34ClN3O4. The summed E-state index contributed by atoms with van der Waals surface area (Å²) in [6.07, 6.45) is 13.5. The highest BCUT2D eigenvalue weighted by Crippen LogP contribution is 2.37. The Kier molecular flexibility index (Phi) is 8.33. The number of likely N-dealkylation sites (N-methyl/N-ethyl adjacent to an activating group) is 1. The summed E-state index contributed by atoms with van der Waals surface area (Å²) in [6.45, 7) is 2.49. The lowest BCUT2D eigenvalue weighted by molar-refractivity contribution is -0.134. The van der Waals surface area contributed by atoms with Crippen molar-refractivity contribution in [1.29, 1.82) is 0 Å². The number of rotatable bonds is 7. The van der Waals surface area contributed by atoms with E-state index < -0.39 is 11.7 Å². The van der Waals surface area contributed by atoms with Gasteiger partial charge in [-0.1, -0.05) is 42.0 Å². The van der Waals surface area contributed by atoms with Gasteiger partial charge in [0.05, 0.1) is 5.60 Å². The summed E-state index contributed by atoms with van der Waals surface area (Å²) >= 11 is 6.03. The van der Waals surface area contributed by atoms with Gasteiger partial charge < -0.3 is 24.4 Å². The van der Waals surface area contributed by atoms with Crippen LogP contribution in [0.2, 0.25) is 5.02 Å². The number of pyridine rings is 1. The van der Waals surface area contributed by atoms with E-state index in [0.717, 1.165) is 48.3 Å². The Bertz CT molecular complexity index is 1320. The highest BCUT2D eigenvalue weighted by atomic mass is 35.5. The molecule has 3 heterocycles. The normalized spacial score (nSPS) is 21.2. The summed E-state index contributed by atoms with van der Waals surface area (Å²) in [7, 11) is 3.43. The monoisotopic (exact) mass is 547 g/mol. The number of carbonyl (C=O) groups is 1. The lowest BCUT2D eigenvalue weighted by Gasteiger charge is -2.38. The van der Waals surface area contributed by atoms with Crippen LogP contribution in [0.15, 0.2) is 84.3 Å². The molecule has 2 aliphatic heterocycles. The minimum absolute atomic E-state index is 0.0196. The third kappa shape index (κ3) is 6.34. The molecule has 1 atom stereocenters. The van der Waals surface area contributed by atoms with Gasteiger partial charge in [0.1, 0.15) is 18.5 Å². The average Bonchev–Trinajstić information content (AvgIpc) is 3.10. The van der Waals surface area contributed by atoms with Gasteiger partial charge in [-0.3, -0.25) is 4.79 Å². The Morgan fingerprint density at radius 2 is 2.03 bits per heavy atom. The lowest BCUT2D eigenvalue weighted by Crippen LogP contribution is -2.42. The quantitative estimate of drug-likeness (QED) is 0.540. The van der Waals surface area contributed by atoms with Gasteiger partial charge >= 0.3 is 0 Å². The molecule has 0 radical (unpaired) electrons. The van der Waals surface area contributed by atoms with Crippen molar-refractivity contribution in [2.24, 2.45) is 0 Å². The zero-order valence-corrected chi connectivity index (χ0v) is 23.1. The van der Waals surface area contributed by atoms with Crippen LogP contribution in [0.25, 0.3) is 5.57 Å². The molecule has 2 aromatic rings. The summed E-state index contributed by atoms with van der Waals surface area (Å²) < 4.78 is 12.2. The number of hydrogen-bond donors (Lipinski definition) is 1. The Morgan fingerprint density at radius 3 is 2.77 bits per heavy atom. The van der Waals surface area contributed by atoms with E-state index in [9.17, 15) is 9.90 Å². The first kappa shape index (κ1) is 27.3. The molecule has 1 aromatic carbocycles. The molecule has 1 saturated heterocycles. The predicted molar refractivity (Wildman–Crippen MR) is 152 cm³/mol. The number of piperidine rings is 1. The average molecular weight is 548 g/mol. The summed E-state index contributed by atoms with van der Waals surface area (Å²) in [5.41, 5.74) is 2.90. The second kappa shape index (κ2) is 11.9. The third-order valence-electron chi connectivity index (χ3n) is 7.48. The van der Waals surface area contributed by atoms with Crippen LogP contribution in [-0.2, 0) is 15.1 Å². The molecule has 7 nitrogen and oxygen atoms in total. The highest BCUT2D eigenvalue weighted by molar-refractivity contribution is 6.30. The number of fused-ring (bicyclic) bond motifs is 2. The van der Waals surface area contributed by atoms with Gasteiger partial charge in [-0.25, -0.2) is 4.98 Å². The molecule has 39 heavy (non-hydrogen) atoms. The molecule has 1 fully saturated rings. The SMILES string of the molecule is CN(C)C(=O)COC1C=CC=C2Oc3ncccc3C(=CCCN3CCC(O)(c4ccc(Cl)cc4)CC3)C=C21. The van der Waals surface area contributed by atoms with Gasteiger partial charge in [0.25, 0.3) is 0 Å². The molecule has 3 aliphatic rings. The molecule has 0 bridgehead atoms. The largest absolute Gasteiger partial charge is 0.438 e. The van der Waals surface area contributed by atoms with E-state index in [1.54, 1.807) is 20.3 Å². The van der Waals surface area contributed by atoms with Crippen molar-refractivity contribution in [1.82, 2.24) is 14.8 Å². The fourth-order valence-electron chi connectivity index (χ4n) is 5.07. The van der Waals surface area contributed by atoms with Crippen molar-refractivity contribution in [3.05, 3.63) is 100 Å². The predicted octanol–water partition coefficient (Wildman–Crippen LogP) is 4.74. The Hall–Kier alpha value is -3.23. The maximum Gasteiger partial charge on any atom is 0.248 e. The Morgan fingerprint density at radius 1 is 1.26 bits per heavy atom. The molecule has 1 aliphatic carbocycles. The summed E-state index contributed by atoms with van der Waals surface area (Å²) in [4.78, 5) is 20.5. The topological polar surface area (TPSA) is 75.1 Å². The van der Waals surface area contributed by atoms with Crippen LogP contribution in [-0.4, -0.2) is 72.2 Å². The summed E-state index contributed by atoms with van der Waals surface area (Å²) in [5, 5.41) is 11.9. The zero-order valence-electron chi connectivity index (χ0n) is 22.3. The van der Waals surface area contributed by atoms with Crippen LogP contribution in [0.4, 0.5) is 0 Å². The molecule has 1 unspecified atom stereocenters. The van der Waals surface area contributed by atoms with E-state index >= 15 is 0 Å². The van der Waals surface area contributed by atoms with Crippen LogP contribution in [0, 0.1) is 0 Å². The van der Waals surface area contributed by atoms with Crippen LogP contribution in [0.5, 0.6) is 5.88 Å². The van der Waals surface area contributed by atoms with Crippen molar-refractivity contribution in [2.75, 3.05) is 40.3 Å². The van der Waals surface area contributed by atoms with E-state index in [4.69, 9.17) is 21.1 Å². The van der Waals surface area contributed by atoms with Crippen LogP contribution in [0.1, 0.15) is 30.4 Å². The number of amides is 1. The van der Waals surface area contributed by atoms with Crippen molar-refractivity contribution in [3.63, 3.8) is 0 Å². The number of benzene rings is 1. The highest BCUT2D eigenvalue weighted by Gasteiger charge is 2.33. The van der Waals surface area contributed by atoms with Crippen molar-refractivity contribution in [2.45, 2.75) is 31.0 Å². The number of allylic oxidation sites excluding steroid dienone is 4. The molecular weight excluding hydrogens is 514 g/mol. The lowest BCUT2D eigenvalue weighted by atomic mass is 9.84. The second-order valence-corrected chi connectivity index (χ2v) is 10.8. The number of aliphatic hydroxyl groups is 1. The fourth-order valence-corrected chi connectivity index (χ4v) is 5.20. The number of aromatic nitrogens is 1. The van der Waals surface area contributed by atoms with Crippen molar-refractivity contribution in [3.8, 4) is 5.88 Å². The fraction of sp³-hybridized carbons (Fsp3) is 0.355. The van der Waals surface area contributed by atoms with Gasteiger partial charge in [-0.15, -0.1) is 0 Å². The molecule has 0 saturated carbocycles. The minimum atomic E-state index is -0.812. The first-order chi connectivity index (χ1) is 18.8. The first-order valence-electron chi connectivity index (χ1n) is 13.3. The van der Waals surface area contributed by atoms with Gasteiger partial charge in [0, 0.05) is 56.1 Å². The first-order valence-corrected chi connectivity index (χ1v) is 13.7. The third-order valence-corrected chi connectivity index (χ3v) is 7.74. The van der Waals surface area contributed by atoms with Gasteiger partial charge in [-0.2, -0.15) is 0 Å². The molecule has 0 spiro atoms. The maximum atomic E-state index is 12.1. The number of ether oxygens (including phenoxy) is 2. The minimum Gasteiger partial charge on any atom is -0.438 e. The Labute approximate surface area is 234 Å². The zero-order chi connectivity index (χ0) is 27.4. The summed E-state index contributed by atoms with van der Waals surface area (Å²) in [5.74, 6) is 1.12. The van der Waals surface area contributed by atoms with Gasteiger partial charge in [0.2, 0.25) is 11.8 Å². The van der Waals surface area contributed by atoms with E-state index in [1.807, 2.05) is 54.6 Å². The van der Waals surface area contributed by atoms with Crippen LogP contribution < -0.4 is 4.74 Å². The molecule has 1 amide bonds. The van der Waals surface area contributed by atoms with Crippen LogP contribution >= 0.6 is 11.6 Å². The number of halogens is 1. The number of nitrogens with zero attached hydrogens (tertiary/aromatic N) is 3. The Balaban J connectivity index is 1.29. The molecule has 8 heteroatoms. The van der Waals surface area contributed by atoms with E-state index in [2.05, 4.69) is 22.0 Å². The van der Waals surface area contributed by atoms with Crippen molar-refractivity contribution < 1.29 is 19.4 Å². The van der Waals surface area contributed by atoms with Gasteiger partial charge in [-0.05, 0) is 66.8 Å². The number of carbonyl (C=O) groups excluding carboxylic acids is 1. The molecule has 5 rings (SSSR count). The van der Waals surface area contributed by atoms with E-state index in [0.29, 0.717) is 29.5 Å². The number of hydrogen-bond acceptors (Lipinski definition) is 6. The number of likely N-dealkylation sites (tertiary alicyclic amines) is 1. The maximum absolute atomic E-state index is 12.1. The second-order valence-electron chi connectivity index (χ2n) is 10.3. The van der Waals surface area contributed by atoms with E-state index in [-0.39, 0.29) is 12.5 Å². The molecule has 1 N–H and O–H groups in total. The summed E-state index contributed by atoms with van der Waals surface area (Å²) in [6, 6.07) is 11.4.